The number of rotatable bonds is 8. The quantitative estimate of drug-likeness (QED) is 0.341. The predicted octanol–water partition coefficient (Wildman–Crippen LogP) is 2.63. The van der Waals surface area contributed by atoms with Crippen LogP contribution in [0.3, 0.4) is 0 Å². The maximum Gasteiger partial charge on any atom is 0.243 e. The molecule has 0 bridgehead atoms. The number of carbonyl (C=O) groups excluding carboxylic acids is 1. The molecule has 0 spiro atoms. The molecule has 1 aromatic rings. The SMILES string of the molecule is CCC(C)NC(=NCC(=O)N(C)C)NCC(C)Oc1ccccc1F.I. The molecular formula is C18H30FIN4O2. The number of nitrogens with zero attached hydrogens (tertiary/aromatic N) is 2. The Bertz CT molecular complexity index is 584. The molecule has 1 rings (SSSR count). The van der Waals surface area contributed by atoms with Crippen LogP contribution in [0.25, 0.3) is 0 Å². The second-order valence-corrected chi connectivity index (χ2v) is 6.15. The molecule has 2 unspecified atom stereocenters. The summed E-state index contributed by atoms with van der Waals surface area (Å²) in [5, 5.41) is 6.37. The third-order valence-corrected chi connectivity index (χ3v) is 3.59. The van der Waals surface area contributed by atoms with Crippen molar-refractivity contribution in [2.24, 2.45) is 4.99 Å². The Balaban J connectivity index is 0.00000625. The summed E-state index contributed by atoms with van der Waals surface area (Å²) in [4.78, 5) is 17.5. The summed E-state index contributed by atoms with van der Waals surface area (Å²) in [5.74, 6) is 0.278. The van der Waals surface area contributed by atoms with Gasteiger partial charge < -0.3 is 20.3 Å². The average molecular weight is 480 g/mol. The summed E-state index contributed by atoms with van der Waals surface area (Å²) in [6, 6.07) is 6.51. The standard InChI is InChI=1S/C18H29FN4O2.HI/c1-6-13(2)22-18(21-12-17(24)23(4)5)20-11-14(3)25-16-10-8-7-9-15(16)19;/h7-10,13-14H,6,11-12H2,1-5H3,(H2,20,21,22);1H. The van der Waals surface area contributed by atoms with Crippen molar-refractivity contribution in [3.8, 4) is 5.75 Å². The summed E-state index contributed by atoms with van der Waals surface area (Å²) in [6.07, 6.45) is 0.647. The molecule has 148 valence electrons. The van der Waals surface area contributed by atoms with Crippen molar-refractivity contribution in [3.63, 3.8) is 0 Å². The number of nitrogens with one attached hydrogen (secondary N) is 2. The molecule has 1 aromatic carbocycles. The predicted molar refractivity (Wildman–Crippen MR) is 114 cm³/mol. The van der Waals surface area contributed by atoms with Crippen molar-refractivity contribution >= 4 is 35.8 Å². The molecule has 0 saturated carbocycles. The van der Waals surface area contributed by atoms with E-state index in [0.717, 1.165) is 6.42 Å². The van der Waals surface area contributed by atoms with E-state index in [1.807, 2.05) is 13.8 Å². The van der Waals surface area contributed by atoms with E-state index in [-0.39, 0.29) is 54.3 Å². The van der Waals surface area contributed by atoms with E-state index < -0.39 is 5.82 Å². The summed E-state index contributed by atoms with van der Waals surface area (Å²) in [7, 11) is 3.38. The Morgan fingerprint density at radius 2 is 1.96 bits per heavy atom. The van der Waals surface area contributed by atoms with Crippen LogP contribution in [0, 0.1) is 5.82 Å². The summed E-state index contributed by atoms with van der Waals surface area (Å²) in [6.45, 7) is 6.41. The van der Waals surface area contributed by atoms with Crippen LogP contribution in [0.15, 0.2) is 29.3 Å². The number of halogens is 2. The van der Waals surface area contributed by atoms with E-state index in [0.29, 0.717) is 12.5 Å². The average Bonchev–Trinajstić information content (AvgIpc) is 2.58. The first-order valence-corrected chi connectivity index (χ1v) is 8.49. The zero-order valence-electron chi connectivity index (χ0n) is 16.1. The van der Waals surface area contributed by atoms with Gasteiger partial charge in [0.2, 0.25) is 5.91 Å². The van der Waals surface area contributed by atoms with E-state index in [4.69, 9.17) is 4.74 Å². The number of likely N-dealkylation sites (N-methyl/N-ethyl adjacent to an activating group) is 1. The van der Waals surface area contributed by atoms with Crippen LogP contribution >= 0.6 is 24.0 Å². The van der Waals surface area contributed by atoms with Gasteiger partial charge >= 0.3 is 0 Å². The van der Waals surface area contributed by atoms with Crippen LogP contribution in [-0.4, -0.2) is 56.1 Å². The van der Waals surface area contributed by atoms with Crippen molar-refractivity contribution in [2.45, 2.75) is 39.3 Å². The Morgan fingerprint density at radius 1 is 1.31 bits per heavy atom. The number of amides is 1. The largest absolute Gasteiger partial charge is 0.486 e. The zero-order valence-corrected chi connectivity index (χ0v) is 18.4. The number of ether oxygens (including phenoxy) is 1. The molecule has 0 heterocycles. The third-order valence-electron chi connectivity index (χ3n) is 3.59. The Morgan fingerprint density at radius 3 is 2.54 bits per heavy atom. The highest BCUT2D eigenvalue weighted by Gasteiger charge is 2.11. The van der Waals surface area contributed by atoms with Gasteiger partial charge in [-0.15, -0.1) is 24.0 Å². The molecule has 0 saturated heterocycles. The van der Waals surface area contributed by atoms with Gasteiger partial charge in [-0.25, -0.2) is 9.38 Å². The molecule has 0 aliphatic rings. The van der Waals surface area contributed by atoms with E-state index in [1.54, 1.807) is 32.3 Å². The maximum absolute atomic E-state index is 13.6. The smallest absolute Gasteiger partial charge is 0.243 e. The minimum absolute atomic E-state index is 0. The normalized spacial score (nSPS) is 13.2. The minimum atomic E-state index is -0.391. The van der Waals surface area contributed by atoms with Gasteiger partial charge in [0.15, 0.2) is 17.5 Å². The molecule has 0 fully saturated rings. The second-order valence-electron chi connectivity index (χ2n) is 6.15. The molecule has 0 aliphatic heterocycles. The fourth-order valence-corrected chi connectivity index (χ4v) is 1.82. The van der Waals surface area contributed by atoms with Gasteiger partial charge in [0.25, 0.3) is 0 Å². The van der Waals surface area contributed by atoms with Crippen LogP contribution in [0.2, 0.25) is 0 Å². The monoisotopic (exact) mass is 480 g/mol. The Kier molecular flexibility index (Phi) is 11.9. The van der Waals surface area contributed by atoms with E-state index in [1.165, 1.54) is 11.0 Å². The highest BCUT2D eigenvalue weighted by Crippen LogP contribution is 2.16. The van der Waals surface area contributed by atoms with Gasteiger partial charge in [-0.3, -0.25) is 4.79 Å². The lowest BCUT2D eigenvalue weighted by Crippen LogP contribution is -2.45. The Labute approximate surface area is 172 Å². The van der Waals surface area contributed by atoms with Gasteiger partial charge in [-0.05, 0) is 32.4 Å². The number of guanidine groups is 1. The molecule has 26 heavy (non-hydrogen) atoms. The van der Waals surface area contributed by atoms with Crippen LogP contribution in [0.1, 0.15) is 27.2 Å². The first kappa shape index (κ1) is 24.4. The minimum Gasteiger partial charge on any atom is -0.486 e. The van der Waals surface area contributed by atoms with Gasteiger partial charge in [-0.1, -0.05) is 19.1 Å². The van der Waals surface area contributed by atoms with Crippen molar-refractivity contribution in [2.75, 3.05) is 27.2 Å². The molecular weight excluding hydrogens is 450 g/mol. The first-order chi connectivity index (χ1) is 11.8. The van der Waals surface area contributed by atoms with Gasteiger partial charge in [0.1, 0.15) is 12.6 Å². The first-order valence-electron chi connectivity index (χ1n) is 8.49. The number of hydrogen-bond donors (Lipinski definition) is 2. The molecule has 1 amide bonds. The second kappa shape index (κ2) is 12.7. The van der Waals surface area contributed by atoms with Gasteiger partial charge in [-0.2, -0.15) is 0 Å². The van der Waals surface area contributed by atoms with Crippen LogP contribution in [0.4, 0.5) is 4.39 Å². The highest BCUT2D eigenvalue weighted by molar-refractivity contribution is 14.0. The fraction of sp³-hybridized carbons (Fsp3) is 0.556. The van der Waals surface area contributed by atoms with Crippen molar-refractivity contribution in [1.29, 1.82) is 0 Å². The topological polar surface area (TPSA) is 66.0 Å². The molecule has 6 nitrogen and oxygen atoms in total. The van der Waals surface area contributed by atoms with Crippen LogP contribution < -0.4 is 15.4 Å². The molecule has 2 atom stereocenters. The molecule has 8 heteroatoms. The van der Waals surface area contributed by atoms with E-state index >= 15 is 0 Å². The zero-order chi connectivity index (χ0) is 18.8. The highest BCUT2D eigenvalue weighted by atomic mass is 127. The number of carbonyl (C=O) groups is 1. The van der Waals surface area contributed by atoms with E-state index in [2.05, 4.69) is 22.5 Å². The summed E-state index contributed by atoms with van der Waals surface area (Å²) < 4.78 is 19.2. The molecule has 0 aromatic heterocycles. The fourth-order valence-electron chi connectivity index (χ4n) is 1.82. The van der Waals surface area contributed by atoms with Crippen molar-refractivity contribution < 1.29 is 13.9 Å². The van der Waals surface area contributed by atoms with Crippen molar-refractivity contribution in [1.82, 2.24) is 15.5 Å². The van der Waals surface area contributed by atoms with Gasteiger partial charge in [0.05, 0.1) is 6.54 Å². The summed E-state index contributed by atoms with van der Waals surface area (Å²) in [5.41, 5.74) is 0. The van der Waals surface area contributed by atoms with E-state index in [9.17, 15) is 9.18 Å². The van der Waals surface area contributed by atoms with Crippen molar-refractivity contribution in [3.05, 3.63) is 30.1 Å². The van der Waals surface area contributed by atoms with Gasteiger partial charge in [0, 0.05) is 20.1 Å². The number of aliphatic imine (C=N–C) groups is 1. The molecule has 0 aliphatic carbocycles. The molecule has 0 radical (unpaired) electrons. The van der Waals surface area contributed by atoms with Crippen LogP contribution in [0.5, 0.6) is 5.75 Å². The lowest BCUT2D eigenvalue weighted by atomic mass is 10.3. The number of para-hydroxylation sites is 1. The number of benzene rings is 1. The lowest BCUT2D eigenvalue weighted by Gasteiger charge is -2.20. The van der Waals surface area contributed by atoms with Crippen LogP contribution in [-0.2, 0) is 4.79 Å². The molecule has 2 N–H and O–H groups in total. The maximum atomic E-state index is 13.6. The Hall–Kier alpha value is -1.58. The third kappa shape index (κ3) is 9.21. The summed E-state index contributed by atoms with van der Waals surface area (Å²) >= 11 is 0. The lowest BCUT2D eigenvalue weighted by molar-refractivity contribution is -0.127. The number of hydrogen-bond acceptors (Lipinski definition) is 3.